The summed E-state index contributed by atoms with van der Waals surface area (Å²) in [6, 6.07) is 17.1. The highest BCUT2D eigenvalue weighted by Crippen LogP contribution is 2.41. The molecule has 0 radical (unpaired) electrons. The largest absolute Gasteiger partial charge is 0.490 e. The van der Waals surface area contributed by atoms with Crippen molar-refractivity contribution in [2.24, 2.45) is 0 Å². The van der Waals surface area contributed by atoms with Crippen molar-refractivity contribution in [3.63, 3.8) is 0 Å². The van der Waals surface area contributed by atoms with Gasteiger partial charge in [0, 0.05) is 10.6 Å². The normalized spacial score (nSPS) is 14.4. The van der Waals surface area contributed by atoms with Crippen LogP contribution in [0, 0.1) is 0 Å². The maximum atomic E-state index is 13.2. The molecule has 1 heterocycles. The van der Waals surface area contributed by atoms with Gasteiger partial charge in [-0.15, -0.1) is 0 Å². The van der Waals surface area contributed by atoms with Crippen LogP contribution in [0.25, 0.3) is 6.08 Å². The lowest BCUT2D eigenvalue weighted by molar-refractivity contribution is -0.113. The van der Waals surface area contributed by atoms with Crippen molar-refractivity contribution in [3.8, 4) is 11.5 Å². The van der Waals surface area contributed by atoms with Crippen molar-refractivity contribution >= 4 is 79.5 Å². The van der Waals surface area contributed by atoms with Crippen molar-refractivity contribution in [1.82, 2.24) is 0 Å². The van der Waals surface area contributed by atoms with Crippen molar-refractivity contribution in [2.75, 3.05) is 11.5 Å². The number of carboxylic acid groups (broad SMARTS) is 1. The molecular weight excluding hydrogens is 586 g/mol. The predicted octanol–water partition coefficient (Wildman–Crippen LogP) is 7.18. The molecule has 10 heteroatoms. The molecule has 1 fully saturated rings. The Labute approximate surface area is 231 Å². The molecule has 36 heavy (non-hydrogen) atoms. The number of carbonyl (C=O) groups excluding carboxylic acids is 1. The third-order valence-corrected chi connectivity index (χ3v) is 7.36. The van der Waals surface area contributed by atoms with E-state index in [0.717, 1.165) is 17.3 Å². The average Bonchev–Trinajstić information content (AvgIpc) is 3.12. The summed E-state index contributed by atoms with van der Waals surface area (Å²) in [5.41, 5.74) is 2.02. The van der Waals surface area contributed by atoms with Crippen LogP contribution in [0.4, 0.5) is 5.69 Å². The average molecular weight is 605 g/mol. The number of thiocarbonyl (C=S) groups is 1. The number of halogens is 2. The molecule has 1 saturated heterocycles. The van der Waals surface area contributed by atoms with E-state index in [2.05, 4.69) is 15.9 Å². The van der Waals surface area contributed by atoms with E-state index in [4.69, 9.17) is 33.3 Å². The lowest BCUT2D eigenvalue weighted by Crippen LogP contribution is -2.27. The first-order valence-electron chi connectivity index (χ1n) is 10.7. The van der Waals surface area contributed by atoms with Crippen LogP contribution in [0.3, 0.4) is 0 Å². The zero-order chi connectivity index (χ0) is 25.8. The minimum absolute atomic E-state index is 0.0724. The Morgan fingerprint density at radius 2 is 1.94 bits per heavy atom. The standard InChI is InChI=1S/C26H19BrClNO5S2/c1-2-33-21-11-15(10-19(27)23(21)34-14-17-6-3-4-9-20(17)28)12-22-24(30)29(26(35)36-22)18-8-5-7-16(13-18)25(31)32/h3-13H,2,14H2,1H3,(H,31,32)/b22-12+. The number of rotatable bonds is 8. The van der Waals surface area contributed by atoms with Crippen LogP contribution in [0.1, 0.15) is 28.4 Å². The van der Waals surface area contributed by atoms with Gasteiger partial charge in [0.15, 0.2) is 15.8 Å². The smallest absolute Gasteiger partial charge is 0.335 e. The van der Waals surface area contributed by atoms with Gasteiger partial charge >= 0.3 is 5.97 Å². The number of ether oxygens (including phenoxy) is 2. The molecule has 184 valence electrons. The number of aromatic carboxylic acids is 1. The monoisotopic (exact) mass is 603 g/mol. The first-order chi connectivity index (χ1) is 17.3. The summed E-state index contributed by atoms with van der Waals surface area (Å²) in [5, 5.41) is 9.89. The van der Waals surface area contributed by atoms with Crippen molar-refractivity contribution in [1.29, 1.82) is 0 Å². The number of carbonyl (C=O) groups is 2. The fourth-order valence-corrected chi connectivity index (χ4v) is 5.52. The Balaban J connectivity index is 1.61. The molecule has 6 nitrogen and oxygen atoms in total. The van der Waals surface area contributed by atoms with Gasteiger partial charge in [-0.05, 0) is 70.9 Å². The number of hydrogen-bond donors (Lipinski definition) is 1. The van der Waals surface area contributed by atoms with E-state index in [1.54, 1.807) is 30.3 Å². The lowest BCUT2D eigenvalue weighted by atomic mass is 10.1. The number of carboxylic acids is 1. The number of thioether (sulfide) groups is 1. The highest BCUT2D eigenvalue weighted by molar-refractivity contribution is 9.10. The van der Waals surface area contributed by atoms with Gasteiger partial charge in [0.2, 0.25) is 0 Å². The van der Waals surface area contributed by atoms with Gasteiger partial charge in [0.05, 0.1) is 27.2 Å². The van der Waals surface area contributed by atoms with E-state index in [1.165, 1.54) is 17.0 Å². The second kappa shape index (κ2) is 11.5. The van der Waals surface area contributed by atoms with Crippen molar-refractivity contribution in [3.05, 3.63) is 91.8 Å². The summed E-state index contributed by atoms with van der Waals surface area (Å²) < 4.78 is 12.8. The first-order valence-corrected chi connectivity index (χ1v) is 13.1. The molecule has 0 spiro atoms. The Morgan fingerprint density at radius 1 is 1.17 bits per heavy atom. The van der Waals surface area contributed by atoms with E-state index in [0.29, 0.717) is 48.1 Å². The molecule has 3 aromatic carbocycles. The van der Waals surface area contributed by atoms with Crippen LogP contribution in [0.5, 0.6) is 11.5 Å². The maximum Gasteiger partial charge on any atom is 0.335 e. The molecule has 3 aromatic rings. The Hall–Kier alpha value is -2.85. The molecule has 4 rings (SSSR count). The molecule has 0 unspecified atom stereocenters. The molecule has 0 atom stereocenters. The van der Waals surface area contributed by atoms with Gasteiger partial charge in [-0.3, -0.25) is 9.69 Å². The number of amides is 1. The fourth-order valence-electron chi connectivity index (χ4n) is 3.46. The van der Waals surface area contributed by atoms with Crippen LogP contribution in [-0.2, 0) is 11.4 Å². The molecule has 1 aliphatic heterocycles. The van der Waals surface area contributed by atoms with Crippen LogP contribution < -0.4 is 14.4 Å². The van der Waals surface area contributed by atoms with E-state index in [9.17, 15) is 14.7 Å². The Kier molecular flexibility index (Phi) is 8.35. The van der Waals surface area contributed by atoms with Gasteiger partial charge in [0.1, 0.15) is 6.61 Å². The second-order valence-corrected chi connectivity index (χ2v) is 10.5. The van der Waals surface area contributed by atoms with Crippen molar-refractivity contribution < 1.29 is 24.2 Å². The summed E-state index contributed by atoms with van der Waals surface area (Å²) >= 11 is 16.4. The SMILES string of the molecule is CCOc1cc(/C=C2/SC(=S)N(c3cccc(C(=O)O)c3)C2=O)cc(Br)c1OCc1ccccc1Cl. The molecular formula is C26H19BrClNO5S2. The highest BCUT2D eigenvalue weighted by atomic mass is 79.9. The first kappa shape index (κ1) is 26.2. The van der Waals surface area contributed by atoms with Crippen molar-refractivity contribution in [2.45, 2.75) is 13.5 Å². The second-order valence-electron chi connectivity index (χ2n) is 7.52. The zero-order valence-corrected chi connectivity index (χ0v) is 22.8. The van der Waals surface area contributed by atoms with Gasteiger partial charge in [-0.2, -0.15) is 0 Å². The molecule has 0 aromatic heterocycles. The Morgan fingerprint density at radius 3 is 2.67 bits per heavy atom. The summed E-state index contributed by atoms with van der Waals surface area (Å²) in [6.07, 6.45) is 1.71. The number of anilines is 1. The summed E-state index contributed by atoms with van der Waals surface area (Å²) in [4.78, 5) is 26.3. The van der Waals surface area contributed by atoms with Crippen LogP contribution >= 0.6 is 51.5 Å². The maximum absolute atomic E-state index is 13.2. The van der Waals surface area contributed by atoms with Crippen LogP contribution in [-0.4, -0.2) is 27.9 Å². The molecule has 1 N–H and O–H groups in total. The summed E-state index contributed by atoms with van der Waals surface area (Å²) in [7, 11) is 0. The Bertz CT molecular complexity index is 1390. The highest BCUT2D eigenvalue weighted by Gasteiger charge is 2.33. The topological polar surface area (TPSA) is 76.1 Å². The molecule has 0 aliphatic carbocycles. The van der Waals surface area contributed by atoms with Gasteiger partial charge in [-0.25, -0.2) is 4.79 Å². The third kappa shape index (κ3) is 5.75. The van der Waals surface area contributed by atoms with E-state index < -0.39 is 5.97 Å². The van der Waals surface area contributed by atoms with E-state index in [-0.39, 0.29) is 18.1 Å². The van der Waals surface area contributed by atoms with Gasteiger partial charge < -0.3 is 14.6 Å². The lowest BCUT2D eigenvalue weighted by Gasteiger charge is -2.16. The molecule has 1 amide bonds. The fraction of sp³-hybridized carbons (Fsp3) is 0.115. The number of nitrogens with zero attached hydrogens (tertiary/aromatic N) is 1. The zero-order valence-electron chi connectivity index (χ0n) is 18.9. The minimum atomic E-state index is -1.08. The number of hydrogen-bond acceptors (Lipinski definition) is 6. The molecule has 0 bridgehead atoms. The van der Waals surface area contributed by atoms with E-state index in [1.807, 2.05) is 31.2 Å². The van der Waals surface area contributed by atoms with Gasteiger partial charge in [0.25, 0.3) is 5.91 Å². The minimum Gasteiger partial charge on any atom is -0.490 e. The molecule has 1 aliphatic rings. The third-order valence-electron chi connectivity index (χ3n) is 5.10. The molecule has 0 saturated carbocycles. The van der Waals surface area contributed by atoms with Crippen LogP contribution in [0.2, 0.25) is 5.02 Å². The quantitative estimate of drug-likeness (QED) is 0.216. The van der Waals surface area contributed by atoms with E-state index >= 15 is 0 Å². The summed E-state index contributed by atoms with van der Waals surface area (Å²) in [5.74, 6) is -0.384. The number of benzene rings is 3. The summed E-state index contributed by atoms with van der Waals surface area (Å²) in [6.45, 7) is 2.54. The van der Waals surface area contributed by atoms with Crippen LogP contribution in [0.15, 0.2) is 70.0 Å². The van der Waals surface area contributed by atoms with Gasteiger partial charge in [-0.1, -0.05) is 59.8 Å². The predicted molar refractivity (Wildman–Crippen MR) is 150 cm³/mol.